The standard InChI is InChI=1S/C16H25ClN4.HI/c1-5-11-19-16(18-6-2)20-12-15(21(3)4)13-7-9-14(17)10-8-13;/h5,7-10,15H,1,6,11-12H2,2-4H3,(H2,18,19,20);1H. The molecule has 0 amide bonds. The Balaban J connectivity index is 0.00000441. The lowest BCUT2D eigenvalue weighted by atomic mass is 10.1. The molecule has 0 aliphatic rings. The Bertz CT molecular complexity index is 460. The fourth-order valence-electron chi connectivity index (χ4n) is 1.94. The summed E-state index contributed by atoms with van der Waals surface area (Å²) in [5, 5.41) is 7.18. The van der Waals surface area contributed by atoms with Crippen LogP contribution < -0.4 is 10.6 Å². The third-order valence-electron chi connectivity index (χ3n) is 3.06. The molecule has 1 aromatic rings. The number of likely N-dealkylation sites (N-methyl/N-ethyl adjacent to an activating group) is 1. The minimum absolute atomic E-state index is 0. The summed E-state index contributed by atoms with van der Waals surface area (Å²) in [6.45, 7) is 7.95. The van der Waals surface area contributed by atoms with E-state index in [0.717, 1.165) is 17.5 Å². The fourth-order valence-corrected chi connectivity index (χ4v) is 2.07. The number of halogens is 2. The van der Waals surface area contributed by atoms with Crippen LogP contribution in [-0.2, 0) is 0 Å². The van der Waals surface area contributed by atoms with Gasteiger partial charge in [-0.3, -0.25) is 4.99 Å². The van der Waals surface area contributed by atoms with E-state index in [1.807, 2.05) is 37.3 Å². The Kier molecular flexibility index (Phi) is 11.3. The molecule has 6 heteroatoms. The molecule has 1 unspecified atom stereocenters. The number of hydrogen-bond donors (Lipinski definition) is 2. The van der Waals surface area contributed by atoms with Gasteiger partial charge in [-0.05, 0) is 38.7 Å². The van der Waals surface area contributed by atoms with Crippen LogP contribution in [0.3, 0.4) is 0 Å². The van der Waals surface area contributed by atoms with Crippen LogP contribution in [0, 0.1) is 0 Å². The molecule has 0 fully saturated rings. The lowest BCUT2D eigenvalue weighted by molar-refractivity contribution is 0.306. The molecule has 0 aliphatic heterocycles. The molecule has 0 bridgehead atoms. The molecule has 0 heterocycles. The Morgan fingerprint density at radius 2 is 1.95 bits per heavy atom. The molecular formula is C16H26ClIN4. The van der Waals surface area contributed by atoms with Gasteiger partial charge in [0.1, 0.15) is 0 Å². The van der Waals surface area contributed by atoms with Crippen molar-refractivity contribution in [3.05, 3.63) is 47.5 Å². The lowest BCUT2D eigenvalue weighted by Crippen LogP contribution is -2.38. The third kappa shape index (κ3) is 7.47. The predicted molar refractivity (Wildman–Crippen MR) is 107 cm³/mol. The average Bonchev–Trinajstić information content (AvgIpc) is 2.46. The number of nitrogens with zero attached hydrogens (tertiary/aromatic N) is 2. The van der Waals surface area contributed by atoms with Gasteiger partial charge in [-0.2, -0.15) is 0 Å². The second-order valence-electron chi connectivity index (χ2n) is 4.92. The highest BCUT2D eigenvalue weighted by atomic mass is 127. The molecule has 2 N–H and O–H groups in total. The quantitative estimate of drug-likeness (QED) is 0.298. The van der Waals surface area contributed by atoms with Gasteiger partial charge in [0.05, 0.1) is 12.6 Å². The van der Waals surface area contributed by atoms with E-state index in [-0.39, 0.29) is 30.0 Å². The molecule has 124 valence electrons. The Morgan fingerprint density at radius 3 is 2.45 bits per heavy atom. The Hall–Kier alpha value is -0.790. The minimum atomic E-state index is 0. The van der Waals surface area contributed by atoms with Crippen molar-refractivity contribution in [2.75, 3.05) is 33.7 Å². The van der Waals surface area contributed by atoms with E-state index in [1.54, 1.807) is 0 Å². The highest BCUT2D eigenvalue weighted by molar-refractivity contribution is 14.0. The summed E-state index contributed by atoms with van der Waals surface area (Å²) in [7, 11) is 4.11. The zero-order valence-electron chi connectivity index (χ0n) is 13.5. The van der Waals surface area contributed by atoms with Crippen molar-refractivity contribution in [1.29, 1.82) is 0 Å². The van der Waals surface area contributed by atoms with Gasteiger partial charge in [0.15, 0.2) is 5.96 Å². The highest BCUT2D eigenvalue weighted by Gasteiger charge is 2.13. The first-order chi connectivity index (χ1) is 10.1. The first kappa shape index (κ1) is 21.2. The van der Waals surface area contributed by atoms with Gasteiger partial charge in [0.2, 0.25) is 0 Å². The molecule has 0 aromatic heterocycles. The summed E-state index contributed by atoms with van der Waals surface area (Å²) in [6, 6.07) is 8.14. The van der Waals surface area contributed by atoms with Gasteiger partial charge in [-0.25, -0.2) is 0 Å². The Labute approximate surface area is 156 Å². The van der Waals surface area contributed by atoms with Crippen molar-refractivity contribution in [1.82, 2.24) is 15.5 Å². The van der Waals surface area contributed by atoms with E-state index in [9.17, 15) is 0 Å². The van der Waals surface area contributed by atoms with E-state index in [4.69, 9.17) is 11.6 Å². The van der Waals surface area contributed by atoms with Crippen LogP contribution in [0.25, 0.3) is 0 Å². The van der Waals surface area contributed by atoms with Gasteiger partial charge in [-0.15, -0.1) is 30.6 Å². The Morgan fingerprint density at radius 1 is 1.32 bits per heavy atom. The van der Waals surface area contributed by atoms with Crippen LogP contribution in [0.1, 0.15) is 18.5 Å². The molecule has 0 spiro atoms. The van der Waals surface area contributed by atoms with Crippen LogP contribution in [0.2, 0.25) is 5.02 Å². The molecular weight excluding hydrogens is 411 g/mol. The van der Waals surface area contributed by atoms with E-state index in [1.165, 1.54) is 5.56 Å². The minimum Gasteiger partial charge on any atom is -0.357 e. The van der Waals surface area contributed by atoms with Crippen LogP contribution >= 0.6 is 35.6 Å². The topological polar surface area (TPSA) is 39.7 Å². The van der Waals surface area contributed by atoms with E-state index in [2.05, 4.69) is 41.2 Å². The smallest absolute Gasteiger partial charge is 0.191 e. The summed E-state index contributed by atoms with van der Waals surface area (Å²) in [5.74, 6) is 0.804. The molecule has 4 nitrogen and oxygen atoms in total. The molecule has 1 atom stereocenters. The number of hydrogen-bond acceptors (Lipinski definition) is 2. The molecule has 0 radical (unpaired) electrons. The second-order valence-corrected chi connectivity index (χ2v) is 5.36. The lowest BCUT2D eigenvalue weighted by Gasteiger charge is -2.23. The number of aliphatic imine (C=N–C) groups is 1. The monoisotopic (exact) mass is 436 g/mol. The van der Waals surface area contributed by atoms with E-state index >= 15 is 0 Å². The number of rotatable bonds is 7. The summed E-state index contributed by atoms with van der Waals surface area (Å²) in [5.41, 5.74) is 1.20. The maximum atomic E-state index is 5.95. The van der Waals surface area contributed by atoms with Gasteiger partial charge < -0.3 is 15.5 Å². The highest BCUT2D eigenvalue weighted by Crippen LogP contribution is 2.20. The maximum Gasteiger partial charge on any atom is 0.191 e. The predicted octanol–water partition coefficient (Wildman–Crippen LogP) is 3.30. The number of nitrogens with one attached hydrogen (secondary N) is 2. The SMILES string of the molecule is C=CCNC(=NCC(c1ccc(Cl)cc1)N(C)C)NCC.I. The van der Waals surface area contributed by atoms with Crippen molar-refractivity contribution in [3.8, 4) is 0 Å². The average molecular weight is 437 g/mol. The second kappa shape index (κ2) is 11.7. The van der Waals surface area contributed by atoms with Gasteiger partial charge >= 0.3 is 0 Å². The molecule has 0 aliphatic carbocycles. The number of benzene rings is 1. The van der Waals surface area contributed by atoms with Crippen molar-refractivity contribution in [3.63, 3.8) is 0 Å². The van der Waals surface area contributed by atoms with Gasteiger partial charge in [-0.1, -0.05) is 29.8 Å². The zero-order chi connectivity index (χ0) is 15.7. The molecule has 1 aromatic carbocycles. The molecule has 1 rings (SSSR count). The van der Waals surface area contributed by atoms with Crippen molar-refractivity contribution in [2.45, 2.75) is 13.0 Å². The fraction of sp³-hybridized carbons (Fsp3) is 0.438. The van der Waals surface area contributed by atoms with E-state index < -0.39 is 0 Å². The van der Waals surface area contributed by atoms with Crippen molar-refractivity contribution in [2.24, 2.45) is 4.99 Å². The molecule has 0 saturated heterocycles. The zero-order valence-corrected chi connectivity index (χ0v) is 16.6. The first-order valence-electron chi connectivity index (χ1n) is 7.13. The van der Waals surface area contributed by atoms with Crippen molar-refractivity contribution < 1.29 is 0 Å². The van der Waals surface area contributed by atoms with Crippen molar-refractivity contribution >= 4 is 41.5 Å². The molecule has 0 saturated carbocycles. The van der Waals surface area contributed by atoms with E-state index in [0.29, 0.717) is 13.1 Å². The first-order valence-corrected chi connectivity index (χ1v) is 7.51. The van der Waals surface area contributed by atoms with Gasteiger partial charge in [0, 0.05) is 18.1 Å². The normalized spacial score (nSPS) is 12.5. The van der Waals surface area contributed by atoms with Crippen LogP contribution in [-0.4, -0.2) is 44.6 Å². The summed E-state index contributed by atoms with van der Waals surface area (Å²) >= 11 is 5.95. The maximum absolute atomic E-state index is 5.95. The van der Waals surface area contributed by atoms with Crippen LogP contribution in [0.5, 0.6) is 0 Å². The summed E-state index contributed by atoms with van der Waals surface area (Å²) in [4.78, 5) is 6.80. The third-order valence-corrected chi connectivity index (χ3v) is 3.31. The van der Waals surface area contributed by atoms with Gasteiger partial charge in [0.25, 0.3) is 0 Å². The number of guanidine groups is 1. The van der Waals surface area contributed by atoms with Crippen LogP contribution in [0.4, 0.5) is 0 Å². The largest absolute Gasteiger partial charge is 0.357 e. The van der Waals surface area contributed by atoms with Crippen LogP contribution in [0.15, 0.2) is 41.9 Å². The summed E-state index contributed by atoms with van der Waals surface area (Å²) in [6.07, 6.45) is 1.81. The molecule has 22 heavy (non-hydrogen) atoms. The summed E-state index contributed by atoms with van der Waals surface area (Å²) < 4.78 is 0.